The van der Waals surface area contributed by atoms with Gasteiger partial charge in [0.05, 0.1) is 16.8 Å². The zero-order chi connectivity index (χ0) is 18.9. The molecule has 3 aromatic heterocycles. The number of rotatable bonds is 5. The summed E-state index contributed by atoms with van der Waals surface area (Å²) in [5.74, 6) is 2.36. The van der Waals surface area contributed by atoms with Crippen LogP contribution in [-0.2, 0) is 13.6 Å². The van der Waals surface area contributed by atoms with Crippen molar-refractivity contribution >= 4 is 27.2 Å². The second-order valence-corrected chi connectivity index (χ2v) is 7.46. The number of anilines is 1. The monoisotopic (exact) mass is 387 g/mol. The summed E-state index contributed by atoms with van der Waals surface area (Å²) < 4.78 is 8.85. The van der Waals surface area contributed by atoms with E-state index >= 15 is 0 Å². The first-order chi connectivity index (χ1) is 13.7. The molecule has 28 heavy (non-hydrogen) atoms. The van der Waals surface area contributed by atoms with Crippen LogP contribution in [0.4, 0.5) is 5.69 Å². The number of nitrogens with one attached hydrogen (secondary N) is 1. The number of aromatic nitrogens is 4. The van der Waals surface area contributed by atoms with Crippen molar-refractivity contribution in [3.8, 4) is 22.2 Å². The summed E-state index contributed by atoms with van der Waals surface area (Å²) in [6, 6.07) is 20.1. The summed E-state index contributed by atoms with van der Waals surface area (Å²) in [6.07, 6.45) is 1.70. The van der Waals surface area contributed by atoms with Crippen molar-refractivity contribution < 1.29 is 4.42 Å². The molecule has 0 aliphatic heterocycles. The Morgan fingerprint density at radius 2 is 2.00 bits per heavy atom. The molecule has 138 valence electrons. The third-order valence-corrected chi connectivity index (χ3v) is 5.40. The zero-order valence-electron chi connectivity index (χ0n) is 15.2. The Hall–Kier alpha value is -3.45. The van der Waals surface area contributed by atoms with Crippen LogP contribution in [0.3, 0.4) is 0 Å². The molecule has 2 aromatic carbocycles. The Bertz CT molecular complexity index is 1220. The minimum Gasteiger partial charge on any atom is -0.457 e. The van der Waals surface area contributed by atoms with Gasteiger partial charge in [0, 0.05) is 18.3 Å². The fourth-order valence-corrected chi connectivity index (χ4v) is 3.92. The molecule has 0 bridgehead atoms. The molecule has 0 unspecified atom stereocenters. The minimum atomic E-state index is 0.587. The highest BCUT2D eigenvalue weighted by molar-refractivity contribution is 7.21. The van der Waals surface area contributed by atoms with Gasteiger partial charge >= 0.3 is 0 Å². The van der Waals surface area contributed by atoms with Crippen molar-refractivity contribution in [2.45, 2.75) is 6.54 Å². The summed E-state index contributed by atoms with van der Waals surface area (Å²) in [4.78, 5) is 8.95. The van der Waals surface area contributed by atoms with Gasteiger partial charge in [0.2, 0.25) is 0 Å². The van der Waals surface area contributed by atoms with Crippen molar-refractivity contribution in [3.63, 3.8) is 0 Å². The summed E-state index contributed by atoms with van der Waals surface area (Å²) in [5, 5.41) is 8.64. The van der Waals surface area contributed by atoms with Gasteiger partial charge in [0.1, 0.15) is 12.1 Å². The number of nitrogens with zero attached hydrogens (tertiary/aromatic N) is 4. The van der Waals surface area contributed by atoms with Crippen molar-refractivity contribution in [1.82, 2.24) is 19.7 Å². The Labute approximate surface area is 165 Å². The van der Waals surface area contributed by atoms with E-state index in [0.717, 1.165) is 38.0 Å². The van der Waals surface area contributed by atoms with Crippen molar-refractivity contribution in [3.05, 3.63) is 72.8 Å². The SMILES string of the molecule is Cn1cnc(-c2cccc(NCc3ccc(-c4nc5ccccc5s4)o3)c2)n1. The summed E-state index contributed by atoms with van der Waals surface area (Å²) in [5.41, 5.74) is 2.96. The molecule has 6 nitrogen and oxygen atoms in total. The average Bonchev–Trinajstić information content (AvgIpc) is 3.45. The van der Waals surface area contributed by atoms with Gasteiger partial charge in [-0.25, -0.2) is 9.97 Å². The van der Waals surface area contributed by atoms with Gasteiger partial charge in [0.25, 0.3) is 0 Å². The van der Waals surface area contributed by atoms with Crippen LogP contribution >= 0.6 is 11.3 Å². The van der Waals surface area contributed by atoms with Gasteiger partial charge in [-0.1, -0.05) is 24.3 Å². The Balaban J connectivity index is 1.31. The van der Waals surface area contributed by atoms with Crippen LogP contribution in [0, 0.1) is 0 Å². The fraction of sp³-hybridized carbons (Fsp3) is 0.0952. The lowest BCUT2D eigenvalue weighted by Gasteiger charge is -2.05. The molecule has 0 aliphatic carbocycles. The second kappa shape index (κ2) is 6.94. The molecule has 0 atom stereocenters. The van der Waals surface area contributed by atoms with Crippen LogP contribution < -0.4 is 5.32 Å². The number of fused-ring (bicyclic) bond motifs is 1. The standard InChI is InChI=1S/C21H17N5OS/c1-26-13-23-20(25-26)14-5-4-6-15(11-14)22-12-16-9-10-18(27-16)21-24-17-7-2-3-8-19(17)28-21/h2-11,13,22H,12H2,1H3. The molecule has 0 radical (unpaired) electrons. The van der Waals surface area contributed by atoms with E-state index in [0.29, 0.717) is 12.4 Å². The lowest BCUT2D eigenvalue weighted by Crippen LogP contribution is -1.98. The number of thiazole rings is 1. The van der Waals surface area contributed by atoms with Crippen LogP contribution in [0.1, 0.15) is 5.76 Å². The lowest BCUT2D eigenvalue weighted by atomic mass is 10.2. The van der Waals surface area contributed by atoms with E-state index in [1.54, 1.807) is 22.3 Å². The smallest absolute Gasteiger partial charge is 0.181 e. The summed E-state index contributed by atoms with van der Waals surface area (Å²) in [7, 11) is 1.86. The zero-order valence-corrected chi connectivity index (χ0v) is 16.0. The molecule has 0 saturated carbocycles. The van der Waals surface area contributed by atoms with Crippen molar-refractivity contribution in [1.29, 1.82) is 0 Å². The largest absolute Gasteiger partial charge is 0.457 e. The van der Waals surface area contributed by atoms with E-state index in [9.17, 15) is 0 Å². The highest BCUT2D eigenvalue weighted by Crippen LogP contribution is 2.31. The van der Waals surface area contributed by atoms with Crippen LogP contribution in [0.2, 0.25) is 0 Å². The summed E-state index contributed by atoms with van der Waals surface area (Å²) in [6.45, 7) is 0.587. The van der Waals surface area contributed by atoms with E-state index in [-0.39, 0.29) is 0 Å². The van der Waals surface area contributed by atoms with Crippen LogP contribution in [0.15, 0.2) is 71.4 Å². The molecule has 1 N–H and O–H groups in total. The Kier molecular flexibility index (Phi) is 4.14. The van der Waals surface area contributed by atoms with E-state index < -0.39 is 0 Å². The number of hydrogen-bond donors (Lipinski definition) is 1. The van der Waals surface area contributed by atoms with Gasteiger partial charge in [-0.3, -0.25) is 4.68 Å². The first-order valence-electron chi connectivity index (χ1n) is 8.89. The topological polar surface area (TPSA) is 68.8 Å². The number of para-hydroxylation sites is 1. The van der Waals surface area contributed by atoms with Gasteiger partial charge in [-0.15, -0.1) is 11.3 Å². The van der Waals surface area contributed by atoms with Gasteiger partial charge in [-0.2, -0.15) is 5.10 Å². The fourth-order valence-electron chi connectivity index (χ4n) is 2.99. The van der Waals surface area contributed by atoms with Crippen LogP contribution in [-0.4, -0.2) is 19.7 Å². The maximum Gasteiger partial charge on any atom is 0.181 e. The lowest BCUT2D eigenvalue weighted by molar-refractivity contribution is 0.531. The van der Waals surface area contributed by atoms with E-state index in [1.807, 2.05) is 61.6 Å². The molecule has 3 heterocycles. The number of furan rings is 1. The van der Waals surface area contributed by atoms with E-state index in [1.165, 1.54) is 0 Å². The molecule has 5 rings (SSSR count). The van der Waals surface area contributed by atoms with Crippen molar-refractivity contribution in [2.24, 2.45) is 7.05 Å². The normalized spacial score (nSPS) is 11.2. The van der Waals surface area contributed by atoms with Gasteiger partial charge in [-0.05, 0) is 36.4 Å². The molecule has 0 aliphatic rings. The summed E-state index contributed by atoms with van der Waals surface area (Å²) >= 11 is 1.64. The number of benzene rings is 2. The molecule has 5 aromatic rings. The quantitative estimate of drug-likeness (QED) is 0.461. The van der Waals surface area contributed by atoms with Crippen LogP contribution in [0.5, 0.6) is 0 Å². The van der Waals surface area contributed by atoms with Gasteiger partial charge in [0.15, 0.2) is 16.6 Å². The maximum absolute atomic E-state index is 6.00. The molecular formula is C21H17N5OS. The van der Waals surface area contributed by atoms with E-state index in [2.05, 4.69) is 26.4 Å². The average molecular weight is 387 g/mol. The van der Waals surface area contributed by atoms with Crippen LogP contribution in [0.25, 0.3) is 32.4 Å². The Morgan fingerprint density at radius 3 is 2.86 bits per heavy atom. The molecule has 0 fully saturated rings. The second-order valence-electron chi connectivity index (χ2n) is 6.43. The third kappa shape index (κ3) is 3.27. The molecular weight excluding hydrogens is 370 g/mol. The highest BCUT2D eigenvalue weighted by Gasteiger charge is 2.10. The molecule has 0 amide bonds. The molecule has 0 saturated heterocycles. The van der Waals surface area contributed by atoms with E-state index in [4.69, 9.17) is 4.42 Å². The molecule has 0 spiro atoms. The third-order valence-electron chi connectivity index (χ3n) is 4.35. The Morgan fingerprint density at radius 1 is 1.07 bits per heavy atom. The van der Waals surface area contributed by atoms with Gasteiger partial charge < -0.3 is 9.73 Å². The first kappa shape index (κ1) is 16.7. The predicted molar refractivity (Wildman–Crippen MR) is 111 cm³/mol. The highest BCUT2D eigenvalue weighted by atomic mass is 32.1. The first-order valence-corrected chi connectivity index (χ1v) is 9.71. The predicted octanol–water partition coefficient (Wildman–Crippen LogP) is 4.96. The molecule has 7 heteroatoms. The number of aryl methyl sites for hydroxylation is 1. The minimum absolute atomic E-state index is 0.587. The van der Waals surface area contributed by atoms with Crippen molar-refractivity contribution in [2.75, 3.05) is 5.32 Å². The maximum atomic E-state index is 6.00. The number of hydrogen-bond acceptors (Lipinski definition) is 6.